The first-order chi connectivity index (χ1) is 10.3. The molecule has 0 unspecified atom stereocenters. The monoisotopic (exact) mass is 284 g/mol. The van der Waals surface area contributed by atoms with Crippen molar-refractivity contribution in [1.29, 1.82) is 0 Å². The van der Waals surface area contributed by atoms with Gasteiger partial charge in [0, 0.05) is 29.6 Å². The zero-order chi connectivity index (χ0) is 14.4. The summed E-state index contributed by atoms with van der Waals surface area (Å²) in [6.45, 7) is 0. The Labute approximate surface area is 124 Å². The summed E-state index contributed by atoms with van der Waals surface area (Å²) in [6.07, 6.45) is 5.36. The fourth-order valence-corrected chi connectivity index (χ4v) is 3.79. The van der Waals surface area contributed by atoms with Crippen LogP contribution in [0.5, 0.6) is 5.75 Å². The summed E-state index contributed by atoms with van der Waals surface area (Å²) in [5.41, 5.74) is 4.24. The minimum atomic E-state index is 0.0991. The molecule has 1 aromatic carbocycles. The molecule has 0 bridgehead atoms. The van der Waals surface area contributed by atoms with Crippen LogP contribution in [-0.2, 0) is 11.2 Å². The van der Waals surface area contributed by atoms with Crippen LogP contribution in [0.3, 0.4) is 0 Å². The van der Waals surface area contributed by atoms with Crippen LogP contribution in [-0.4, -0.2) is 25.1 Å². The van der Waals surface area contributed by atoms with Crippen molar-refractivity contribution in [2.75, 3.05) is 7.11 Å². The van der Waals surface area contributed by atoms with Crippen molar-refractivity contribution in [1.82, 2.24) is 10.6 Å². The van der Waals surface area contributed by atoms with E-state index in [0.717, 1.165) is 35.4 Å². The largest absolute Gasteiger partial charge is 0.497 e. The Hall–Kier alpha value is -1.97. The van der Waals surface area contributed by atoms with E-state index >= 15 is 0 Å². The predicted molar refractivity (Wildman–Crippen MR) is 80.9 cm³/mol. The van der Waals surface area contributed by atoms with Crippen LogP contribution in [0.15, 0.2) is 23.8 Å². The summed E-state index contributed by atoms with van der Waals surface area (Å²) < 4.78 is 5.33. The molecular weight excluding hydrogens is 264 g/mol. The van der Waals surface area contributed by atoms with Crippen molar-refractivity contribution in [2.45, 2.75) is 44.2 Å². The number of ether oxygens (including phenoxy) is 1. The van der Waals surface area contributed by atoms with Crippen molar-refractivity contribution in [3.05, 3.63) is 34.9 Å². The van der Waals surface area contributed by atoms with Crippen molar-refractivity contribution < 1.29 is 9.53 Å². The zero-order valence-corrected chi connectivity index (χ0v) is 12.2. The third-order valence-corrected chi connectivity index (χ3v) is 4.94. The number of hydrogen-bond donors (Lipinski definition) is 2. The highest BCUT2D eigenvalue weighted by molar-refractivity contribution is 6.04. The van der Waals surface area contributed by atoms with Crippen molar-refractivity contribution in [3.8, 4) is 5.75 Å². The molecule has 4 heteroatoms. The average Bonchev–Trinajstić information content (AvgIpc) is 2.80. The molecular formula is C17H20N2O2. The van der Waals surface area contributed by atoms with E-state index in [1.165, 1.54) is 18.4 Å². The van der Waals surface area contributed by atoms with E-state index < -0.39 is 0 Å². The zero-order valence-electron chi connectivity index (χ0n) is 12.2. The number of methoxy groups -OCH3 is 1. The first-order valence-electron chi connectivity index (χ1n) is 7.74. The Morgan fingerprint density at radius 1 is 1.14 bits per heavy atom. The maximum atomic E-state index is 12.5. The number of amides is 1. The Balaban J connectivity index is 1.75. The predicted octanol–water partition coefficient (Wildman–Crippen LogP) is 1.99. The van der Waals surface area contributed by atoms with E-state index in [0.29, 0.717) is 12.5 Å². The molecule has 1 aromatic rings. The molecule has 2 N–H and O–H groups in total. The molecule has 2 atom stereocenters. The molecule has 0 aromatic heterocycles. The fraction of sp³-hybridized carbons (Fsp3) is 0.471. The highest BCUT2D eigenvalue weighted by atomic mass is 16.5. The SMILES string of the molecule is COc1ccc2c(c1)C1=C(C2)C(=O)N[C@@H]2CCCC[C@@H]2N1. The maximum Gasteiger partial charge on any atom is 0.249 e. The third-order valence-electron chi connectivity index (χ3n) is 4.94. The topological polar surface area (TPSA) is 50.4 Å². The number of fused-ring (bicyclic) bond motifs is 3. The third kappa shape index (κ3) is 2.01. The Morgan fingerprint density at radius 3 is 2.67 bits per heavy atom. The van der Waals surface area contributed by atoms with Gasteiger partial charge in [0.15, 0.2) is 0 Å². The lowest BCUT2D eigenvalue weighted by Gasteiger charge is -2.32. The van der Waals surface area contributed by atoms with Gasteiger partial charge >= 0.3 is 0 Å². The molecule has 110 valence electrons. The summed E-state index contributed by atoms with van der Waals surface area (Å²) in [4.78, 5) is 12.5. The molecule has 4 nitrogen and oxygen atoms in total. The first kappa shape index (κ1) is 12.7. The van der Waals surface area contributed by atoms with Gasteiger partial charge in [-0.3, -0.25) is 4.79 Å². The van der Waals surface area contributed by atoms with E-state index in [1.54, 1.807) is 7.11 Å². The van der Waals surface area contributed by atoms with Crippen molar-refractivity contribution in [3.63, 3.8) is 0 Å². The normalized spacial score (nSPS) is 27.0. The van der Waals surface area contributed by atoms with Crippen LogP contribution >= 0.6 is 0 Å². The number of carbonyl (C=O) groups is 1. The summed E-state index contributed by atoms with van der Waals surface area (Å²) in [5, 5.41) is 6.88. The second-order valence-corrected chi connectivity index (χ2v) is 6.17. The standard InChI is InChI=1S/C17H20N2O2/c1-21-11-7-6-10-8-13-16(12(10)9-11)18-14-4-2-3-5-15(14)19-17(13)20/h6-7,9,14-15,18H,2-5,8H2,1H3,(H,19,20)/t14-,15+/m0/s1. The fourth-order valence-electron chi connectivity index (χ4n) is 3.79. The molecule has 1 amide bonds. The van der Waals surface area contributed by atoms with Crippen LogP contribution in [0.25, 0.3) is 5.70 Å². The number of nitrogens with one attached hydrogen (secondary N) is 2. The molecule has 0 radical (unpaired) electrons. The minimum absolute atomic E-state index is 0.0991. The van der Waals surface area contributed by atoms with Crippen LogP contribution in [0.1, 0.15) is 36.8 Å². The molecule has 1 fully saturated rings. The molecule has 4 rings (SSSR count). The van der Waals surface area contributed by atoms with Gasteiger partial charge in [0.25, 0.3) is 0 Å². The molecule has 1 heterocycles. The van der Waals surface area contributed by atoms with Gasteiger partial charge in [-0.1, -0.05) is 18.9 Å². The minimum Gasteiger partial charge on any atom is -0.497 e. The van der Waals surface area contributed by atoms with Crippen LogP contribution in [0.4, 0.5) is 0 Å². The van der Waals surface area contributed by atoms with Gasteiger partial charge in [-0.2, -0.15) is 0 Å². The lowest BCUT2D eigenvalue weighted by molar-refractivity contribution is -0.118. The van der Waals surface area contributed by atoms with E-state index in [2.05, 4.69) is 16.7 Å². The maximum absolute atomic E-state index is 12.5. The summed E-state index contributed by atoms with van der Waals surface area (Å²) in [5.74, 6) is 0.941. The van der Waals surface area contributed by atoms with Crippen LogP contribution < -0.4 is 15.4 Å². The smallest absolute Gasteiger partial charge is 0.249 e. The lowest BCUT2D eigenvalue weighted by Crippen LogP contribution is -2.48. The van der Waals surface area contributed by atoms with Crippen molar-refractivity contribution >= 4 is 11.6 Å². The Morgan fingerprint density at radius 2 is 1.90 bits per heavy atom. The van der Waals surface area contributed by atoms with Gasteiger partial charge < -0.3 is 15.4 Å². The quantitative estimate of drug-likeness (QED) is 0.829. The second-order valence-electron chi connectivity index (χ2n) is 6.17. The number of hydrogen-bond acceptors (Lipinski definition) is 3. The van der Waals surface area contributed by atoms with E-state index in [4.69, 9.17) is 4.74 Å². The van der Waals surface area contributed by atoms with Gasteiger partial charge in [-0.25, -0.2) is 0 Å². The summed E-state index contributed by atoms with van der Waals surface area (Å²) in [6, 6.07) is 6.70. The molecule has 0 spiro atoms. The average molecular weight is 284 g/mol. The molecule has 21 heavy (non-hydrogen) atoms. The van der Waals surface area contributed by atoms with Gasteiger partial charge in [0.05, 0.1) is 12.8 Å². The molecule has 0 saturated heterocycles. The van der Waals surface area contributed by atoms with Crippen LogP contribution in [0, 0.1) is 0 Å². The van der Waals surface area contributed by atoms with Gasteiger partial charge in [-0.05, 0) is 30.5 Å². The molecule has 2 aliphatic carbocycles. The Bertz CT molecular complexity index is 636. The number of carbonyl (C=O) groups excluding carboxylic acids is 1. The van der Waals surface area contributed by atoms with E-state index in [-0.39, 0.29) is 11.9 Å². The first-order valence-corrected chi connectivity index (χ1v) is 7.74. The number of benzene rings is 1. The highest BCUT2D eigenvalue weighted by Gasteiger charge is 2.36. The highest BCUT2D eigenvalue weighted by Crippen LogP contribution is 2.36. The van der Waals surface area contributed by atoms with Gasteiger partial charge in [-0.15, -0.1) is 0 Å². The second kappa shape index (κ2) is 4.79. The van der Waals surface area contributed by atoms with E-state index in [1.807, 2.05) is 12.1 Å². The van der Waals surface area contributed by atoms with Crippen molar-refractivity contribution in [2.24, 2.45) is 0 Å². The van der Waals surface area contributed by atoms with Crippen LogP contribution in [0.2, 0.25) is 0 Å². The molecule has 1 aliphatic heterocycles. The summed E-state index contributed by atoms with van der Waals surface area (Å²) in [7, 11) is 1.68. The number of rotatable bonds is 1. The summed E-state index contributed by atoms with van der Waals surface area (Å²) >= 11 is 0. The molecule has 1 saturated carbocycles. The van der Waals surface area contributed by atoms with E-state index in [9.17, 15) is 4.79 Å². The molecule has 3 aliphatic rings. The van der Waals surface area contributed by atoms with Gasteiger partial charge in [0.2, 0.25) is 5.91 Å². The Kier molecular flexibility index (Phi) is 2.91. The van der Waals surface area contributed by atoms with Gasteiger partial charge in [0.1, 0.15) is 5.75 Å². The lowest BCUT2D eigenvalue weighted by atomic mass is 9.90.